The standard InChI is InChI=1S/C6H8N.C4H8O3S/c1-7-5-3-2-4-6-7;1-2-3-4-8(5,6)7/h2-6H,1H3;2H,1,3-4H2,(H,5,6,7)/q+1;/p-1. The van der Waals surface area contributed by atoms with Crippen molar-refractivity contribution in [2.24, 2.45) is 7.05 Å². The van der Waals surface area contributed by atoms with E-state index in [0.717, 1.165) is 0 Å². The fourth-order valence-electron chi connectivity index (χ4n) is 0.712. The first-order valence-corrected chi connectivity index (χ1v) is 5.98. The van der Waals surface area contributed by atoms with Crippen molar-refractivity contribution in [1.29, 1.82) is 0 Å². The second-order valence-electron chi connectivity index (χ2n) is 2.88. The molecule has 1 heterocycles. The summed E-state index contributed by atoms with van der Waals surface area (Å²) >= 11 is 0. The predicted molar refractivity (Wildman–Crippen MR) is 57.0 cm³/mol. The number of aromatic nitrogens is 1. The van der Waals surface area contributed by atoms with Crippen LogP contribution in [-0.4, -0.2) is 18.7 Å². The molecule has 1 rings (SSSR count). The topological polar surface area (TPSA) is 61.1 Å². The zero-order valence-electron chi connectivity index (χ0n) is 8.67. The van der Waals surface area contributed by atoms with Crippen LogP contribution in [0.2, 0.25) is 0 Å². The van der Waals surface area contributed by atoms with E-state index in [2.05, 4.69) is 6.58 Å². The van der Waals surface area contributed by atoms with Crippen molar-refractivity contribution in [3.63, 3.8) is 0 Å². The zero-order chi connectivity index (χ0) is 11.7. The highest BCUT2D eigenvalue weighted by atomic mass is 32.2. The zero-order valence-corrected chi connectivity index (χ0v) is 9.48. The van der Waals surface area contributed by atoms with E-state index < -0.39 is 10.1 Å². The number of rotatable bonds is 3. The highest BCUT2D eigenvalue weighted by Gasteiger charge is 1.88. The van der Waals surface area contributed by atoms with Gasteiger partial charge in [0.05, 0.1) is 10.1 Å². The summed E-state index contributed by atoms with van der Waals surface area (Å²) < 4.78 is 31.4. The van der Waals surface area contributed by atoms with Gasteiger partial charge in [0.15, 0.2) is 12.4 Å². The fourth-order valence-corrected chi connectivity index (χ4v) is 1.17. The Balaban J connectivity index is 0.000000262. The van der Waals surface area contributed by atoms with Crippen LogP contribution < -0.4 is 4.57 Å². The molecule has 0 aliphatic carbocycles. The summed E-state index contributed by atoms with van der Waals surface area (Å²) in [6.07, 6.45) is 5.64. The Bertz CT molecular complexity index is 373. The Hall–Kier alpha value is -1.20. The van der Waals surface area contributed by atoms with Crippen molar-refractivity contribution < 1.29 is 17.5 Å². The molecule has 0 bridgehead atoms. The summed E-state index contributed by atoms with van der Waals surface area (Å²) in [6.45, 7) is 3.26. The van der Waals surface area contributed by atoms with Crippen molar-refractivity contribution in [1.82, 2.24) is 0 Å². The van der Waals surface area contributed by atoms with Gasteiger partial charge in [0.25, 0.3) is 0 Å². The maximum atomic E-state index is 9.79. The summed E-state index contributed by atoms with van der Waals surface area (Å²) in [5.74, 6) is -0.337. The van der Waals surface area contributed by atoms with Gasteiger partial charge >= 0.3 is 0 Å². The highest BCUT2D eigenvalue weighted by molar-refractivity contribution is 7.85. The Labute approximate surface area is 90.6 Å². The molecule has 1 aromatic heterocycles. The van der Waals surface area contributed by atoms with Gasteiger partial charge in [-0.05, 0) is 6.42 Å². The van der Waals surface area contributed by atoms with Gasteiger partial charge in [-0.3, -0.25) is 0 Å². The minimum absolute atomic E-state index is 0.242. The average molecular weight is 229 g/mol. The predicted octanol–water partition coefficient (Wildman–Crippen LogP) is 0.619. The molecule has 0 spiro atoms. The molecule has 0 atom stereocenters. The van der Waals surface area contributed by atoms with Crippen LogP contribution in [0, 0.1) is 0 Å². The van der Waals surface area contributed by atoms with Crippen LogP contribution in [0.4, 0.5) is 0 Å². The van der Waals surface area contributed by atoms with Gasteiger partial charge in [0.1, 0.15) is 7.05 Å². The average Bonchev–Trinajstić information content (AvgIpc) is 2.16. The lowest BCUT2D eigenvalue weighted by atomic mass is 10.5. The molecular formula is C10H15NO3S. The van der Waals surface area contributed by atoms with Crippen LogP contribution in [0.5, 0.6) is 0 Å². The molecule has 0 unspecified atom stereocenters. The number of aryl methyl sites for hydroxylation is 1. The van der Waals surface area contributed by atoms with Gasteiger partial charge in [-0.2, -0.15) is 0 Å². The quantitative estimate of drug-likeness (QED) is 0.433. The molecule has 5 heteroatoms. The smallest absolute Gasteiger partial charge is 0.168 e. The second kappa shape index (κ2) is 7.14. The molecule has 0 saturated heterocycles. The number of allylic oxidation sites excluding steroid dienone is 1. The van der Waals surface area contributed by atoms with Crippen molar-refractivity contribution in [3.8, 4) is 0 Å². The van der Waals surface area contributed by atoms with E-state index >= 15 is 0 Å². The van der Waals surface area contributed by atoms with Gasteiger partial charge in [0, 0.05) is 17.9 Å². The summed E-state index contributed by atoms with van der Waals surface area (Å²) in [6, 6.07) is 6.00. The molecule has 1 aromatic rings. The molecule has 0 aliphatic rings. The highest BCUT2D eigenvalue weighted by Crippen LogP contribution is 1.86. The Morgan fingerprint density at radius 3 is 2.07 bits per heavy atom. The van der Waals surface area contributed by atoms with E-state index in [4.69, 9.17) is 0 Å². The summed E-state index contributed by atoms with van der Waals surface area (Å²) in [7, 11) is -2.01. The first kappa shape index (κ1) is 13.8. The maximum Gasteiger partial charge on any atom is 0.168 e. The van der Waals surface area contributed by atoms with E-state index in [9.17, 15) is 13.0 Å². The van der Waals surface area contributed by atoms with Crippen molar-refractivity contribution in [3.05, 3.63) is 43.2 Å². The molecule has 0 aromatic carbocycles. The Kier molecular flexibility index (Phi) is 6.57. The monoisotopic (exact) mass is 229 g/mol. The molecule has 0 radical (unpaired) electrons. The van der Waals surface area contributed by atoms with Gasteiger partial charge in [0.2, 0.25) is 0 Å². The third-order valence-corrected chi connectivity index (χ3v) is 2.17. The number of hydrogen-bond donors (Lipinski definition) is 0. The second-order valence-corrected chi connectivity index (χ2v) is 4.40. The third-order valence-electron chi connectivity index (χ3n) is 1.44. The van der Waals surface area contributed by atoms with E-state index in [0.29, 0.717) is 0 Å². The Morgan fingerprint density at radius 2 is 1.87 bits per heavy atom. The minimum Gasteiger partial charge on any atom is -0.748 e. The molecule has 0 saturated carbocycles. The summed E-state index contributed by atoms with van der Waals surface area (Å²) in [4.78, 5) is 0. The van der Waals surface area contributed by atoms with E-state index in [1.807, 2.05) is 42.2 Å². The lowest BCUT2D eigenvalue weighted by Gasteiger charge is -2.01. The van der Waals surface area contributed by atoms with Crippen LogP contribution in [0.15, 0.2) is 43.2 Å². The molecule has 0 fully saturated rings. The molecule has 84 valence electrons. The molecule has 0 N–H and O–H groups in total. The van der Waals surface area contributed by atoms with Crippen molar-refractivity contribution >= 4 is 10.1 Å². The molecular weight excluding hydrogens is 214 g/mol. The van der Waals surface area contributed by atoms with Crippen molar-refractivity contribution in [2.75, 3.05) is 5.75 Å². The lowest BCUT2D eigenvalue weighted by molar-refractivity contribution is -0.671. The Morgan fingerprint density at radius 1 is 1.33 bits per heavy atom. The lowest BCUT2D eigenvalue weighted by Crippen LogP contribution is -2.25. The van der Waals surface area contributed by atoms with Crippen LogP contribution in [0.25, 0.3) is 0 Å². The van der Waals surface area contributed by atoms with E-state index in [1.165, 1.54) is 6.08 Å². The molecule has 4 nitrogen and oxygen atoms in total. The van der Waals surface area contributed by atoms with Crippen LogP contribution in [0.1, 0.15) is 6.42 Å². The van der Waals surface area contributed by atoms with Crippen LogP contribution in [-0.2, 0) is 17.2 Å². The largest absolute Gasteiger partial charge is 0.748 e. The van der Waals surface area contributed by atoms with Crippen molar-refractivity contribution in [2.45, 2.75) is 6.42 Å². The molecule has 0 aliphatic heterocycles. The van der Waals surface area contributed by atoms with Gasteiger partial charge < -0.3 is 4.55 Å². The van der Waals surface area contributed by atoms with E-state index in [1.54, 1.807) is 0 Å². The summed E-state index contributed by atoms with van der Waals surface area (Å²) in [5, 5.41) is 0. The number of pyridine rings is 1. The maximum absolute atomic E-state index is 9.79. The summed E-state index contributed by atoms with van der Waals surface area (Å²) in [5.41, 5.74) is 0. The molecule has 15 heavy (non-hydrogen) atoms. The van der Waals surface area contributed by atoms with Crippen LogP contribution >= 0.6 is 0 Å². The SMILES string of the molecule is C=CCCS(=O)(=O)[O-].C[n+]1ccccc1. The normalized spacial score (nSPS) is 10.0. The fraction of sp³-hybridized carbons (Fsp3) is 0.300. The third kappa shape index (κ3) is 10.7. The molecule has 0 amide bonds. The van der Waals surface area contributed by atoms with Gasteiger partial charge in [-0.1, -0.05) is 12.1 Å². The van der Waals surface area contributed by atoms with Crippen LogP contribution in [0.3, 0.4) is 0 Å². The number of hydrogen-bond acceptors (Lipinski definition) is 3. The van der Waals surface area contributed by atoms with Gasteiger partial charge in [-0.25, -0.2) is 13.0 Å². The first-order valence-electron chi connectivity index (χ1n) is 4.40. The van der Waals surface area contributed by atoms with Gasteiger partial charge in [-0.15, -0.1) is 6.58 Å². The minimum atomic E-state index is -4.01. The van der Waals surface area contributed by atoms with E-state index in [-0.39, 0.29) is 12.2 Å². The number of nitrogens with zero attached hydrogens (tertiary/aromatic N) is 1. The first-order chi connectivity index (χ1) is 6.95.